The number of halogens is 4. The van der Waals surface area contributed by atoms with Crippen LogP contribution in [0.15, 0.2) is 57.1 Å². The molecule has 0 fully saturated rings. The Hall–Kier alpha value is -2.42. The van der Waals surface area contributed by atoms with Crippen LogP contribution in [0.2, 0.25) is 0 Å². The molecule has 1 aromatic rings. The molecule has 0 saturated carbocycles. The summed E-state index contributed by atoms with van der Waals surface area (Å²) in [5, 5.41) is 0. The fourth-order valence-corrected chi connectivity index (χ4v) is 2.84. The van der Waals surface area contributed by atoms with E-state index < -0.39 is 17.8 Å². The largest absolute Gasteiger partial charge is 0.465 e. The normalized spacial score (nSPS) is 22.2. The maximum Gasteiger partial charge on any atom is 0.445 e. The number of nitrogens with zero attached hydrogens (tertiary/aromatic N) is 3. The Bertz CT molecular complexity index is 872. The van der Waals surface area contributed by atoms with Crippen LogP contribution in [0.3, 0.4) is 0 Å². The molecule has 0 radical (unpaired) electrons. The van der Waals surface area contributed by atoms with Crippen molar-refractivity contribution in [1.82, 2.24) is 4.90 Å². The van der Waals surface area contributed by atoms with Crippen LogP contribution in [0.5, 0.6) is 0 Å². The topological polar surface area (TPSA) is 54.3 Å². The average molecular weight is 428 g/mol. The molecule has 0 bridgehead atoms. The minimum atomic E-state index is -5.07. The van der Waals surface area contributed by atoms with Crippen molar-refractivity contribution in [3.63, 3.8) is 0 Å². The number of rotatable bonds is 2. The predicted octanol–water partition coefficient (Wildman–Crippen LogP) is 3.69. The van der Waals surface area contributed by atoms with Gasteiger partial charge in [-0.1, -0.05) is 29.8 Å². The highest BCUT2D eigenvalue weighted by Crippen LogP contribution is 2.40. The first-order chi connectivity index (χ1) is 12.2. The Kier molecular flexibility index (Phi) is 4.51. The molecule has 0 amide bonds. The van der Waals surface area contributed by atoms with Gasteiger partial charge in [-0.2, -0.15) is 13.2 Å². The Balaban J connectivity index is 2.27. The third-order valence-electron chi connectivity index (χ3n) is 3.84. The van der Waals surface area contributed by atoms with Gasteiger partial charge in [0.05, 0.1) is 7.11 Å². The fourth-order valence-electron chi connectivity index (χ4n) is 2.51. The van der Waals surface area contributed by atoms with Gasteiger partial charge < -0.3 is 4.74 Å². The molecule has 26 heavy (non-hydrogen) atoms. The molecule has 0 saturated heterocycles. The first kappa shape index (κ1) is 18.4. The molecule has 2 aliphatic rings. The van der Waals surface area contributed by atoms with E-state index in [0.29, 0.717) is 10.0 Å². The van der Waals surface area contributed by atoms with Crippen LogP contribution in [-0.2, 0) is 9.53 Å². The number of fused-ring (bicyclic) bond motifs is 1. The lowest BCUT2D eigenvalue weighted by molar-refractivity contribution is -0.202. The van der Waals surface area contributed by atoms with Crippen molar-refractivity contribution in [2.45, 2.75) is 18.8 Å². The van der Waals surface area contributed by atoms with Crippen molar-refractivity contribution in [2.75, 3.05) is 7.11 Å². The first-order valence-corrected chi connectivity index (χ1v) is 8.24. The fraction of sp³-hybridized carbons (Fsp3) is 0.235. The molecule has 0 spiro atoms. The summed E-state index contributed by atoms with van der Waals surface area (Å²) in [4.78, 5) is 20.8. The molecule has 9 heteroatoms. The molecule has 1 unspecified atom stereocenters. The molecule has 3 rings (SSSR count). The highest BCUT2D eigenvalue weighted by Gasteiger charge is 2.64. The second-order valence-corrected chi connectivity index (χ2v) is 6.57. The summed E-state index contributed by atoms with van der Waals surface area (Å²) in [6.07, 6.45) is -0.626. The number of carbonyl (C=O) groups is 1. The molecule has 5 nitrogen and oxygen atoms in total. The predicted molar refractivity (Wildman–Crippen MR) is 93.9 cm³/mol. The van der Waals surface area contributed by atoms with E-state index in [-0.39, 0.29) is 11.7 Å². The number of methoxy groups -OCH3 is 1. The maximum atomic E-state index is 13.8. The summed E-state index contributed by atoms with van der Waals surface area (Å²) in [5.74, 6) is -1.72. The van der Waals surface area contributed by atoms with E-state index in [9.17, 15) is 18.0 Å². The Morgan fingerprint density at radius 3 is 2.42 bits per heavy atom. The minimum absolute atomic E-state index is 0.0565. The molecular formula is C17H13BrF3N3O2. The maximum absolute atomic E-state index is 13.8. The van der Waals surface area contributed by atoms with E-state index in [2.05, 4.69) is 30.7 Å². The van der Waals surface area contributed by atoms with Crippen LogP contribution in [0.25, 0.3) is 0 Å². The van der Waals surface area contributed by atoms with E-state index in [1.807, 2.05) is 6.92 Å². The number of benzene rings is 1. The van der Waals surface area contributed by atoms with Gasteiger partial charge in [-0.3, -0.25) is 4.90 Å². The zero-order valence-corrected chi connectivity index (χ0v) is 15.3. The van der Waals surface area contributed by atoms with Crippen molar-refractivity contribution in [1.29, 1.82) is 0 Å². The summed E-state index contributed by atoms with van der Waals surface area (Å²) in [5.41, 5.74) is -2.01. The van der Waals surface area contributed by atoms with Crippen LogP contribution in [0.4, 0.5) is 13.2 Å². The highest BCUT2D eigenvalue weighted by atomic mass is 79.9. The smallest absolute Gasteiger partial charge is 0.445 e. The van der Waals surface area contributed by atoms with Gasteiger partial charge in [0.25, 0.3) is 0 Å². The average Bonchev–Trinajstić information content (AvgIpc) is 2.60. The van der Waals surface area contributed by atoms with Gasteiger partial charge >= 0.3 is 17.8 Å². The lowest BCUT2D eigenvalue weighted by Crippen LogP contribution is -2.55. The first-order valence-electron chi connectivity index (χ1n) is 7.44. The molecule has 0 aromatic heterocycles. The quantitative estimate of drug-likeness (QED) is 0.676. The number of aryl methyl sites for hydroxylation is 1. The van der Waals surface area contributed by atoms with Gasteiger partial charge in [0.15, 0.2) is 0 Å². The number of alkyl halides is 3. The standard InChI is InChI=1S/C17H13BrF3N3O2/c1-10-3-5-11(6-4-10)14-23-16(15(25)26-2,17(19,20)21)22-13-8-7-12(18)9-24(13)14/h3-9H,1-2H3. The van der Waals surface area contributed by atoms with E-state index in [1.54, 1.807) is 24.3 Å². The van der Waals surface area contributed by atoms with Crippen molar-refractivity contribution in [2.24, 2.45) is 9.98 Å². The second-order valence-electron chi connectivity index (χ2n) is 5.65. The SMILES string of the molecule is COC(=O)C1(C(F)(F)F)N=C2C=CC(Br)=CN2C(c2ccc(C)cc2)=N1. The molecule has 1 atom stereocenters. The summed E-state index contributed by atoms with van der Waals surface area (Å²) in [6, 6.07) is 6.76. The third-order valence-corrected chi connectivity index (χ3v) is 4.31. The molecular weight excluding hydrogens is 415 g/mol. The Morgan fingerprint density at radius 1 is 1.19 bits per heavy atom. The number of hydrogen-bond donors (Lipinski definition) is 0. The van der Waals surface area contributed by atoms with E-state index in [0.717, 1.165) is 12.7 Å². The van der Waals surface area contributed by atoms with E-state index in [1.165, 1.54) is 23.3 Å². The highest BCUT2D eigenvalue weighted by molar-refractivity contribution is 9.11. The Morgan fingerprint density at radius 2 is 1.85 bits per heavy atom. The Labute approximate surface area is 155 Å². The van der Waals surface area contributed by atoms with Crippen LogP contribution >= 0.6 is 15.9 Å². The van der Waals surface area contributed by atoms with Crippen LogP contribution in [0, 0.1) is 6.92 Å². The third kappa shape index (κ3) is 2.96. The van der Waals surface area contributed by atoms with Crippen molar-refractivity contribution in [3.05, 3.63) is 58.2 Å². The molecule has 2 heterocycles. The van der Waals surface area contributed by atoms with Gasteiger partial charge in [0.1, 0.15) is 11.7 Å². The summed E-state index contributed by atoms with van der Waals surface area (Å²) < 4.78 is 46.5. The molecule has 0 N–H and O–H groups in total. The second kappa shape index (κ2) is 6.39. The number of esters is 1. The molecule has 1 aromatic carbocycles. The number of carbonyl (C=O) groups excluding carboxylic acids is 1. The summed E-state index contributed by atoms with van der Waals surface area (Å²) >= 11 is 3.28. The van der Waals surface area contributed by atoms with E-state index in [4.69, 9.17) is 0 Å². The van der Waals surface area contributed by atoms with Gasteiger partial charge in [-0.25, -0.2) is 14.8 Å². The monoisotopic (exact) mass is 427 g/mol. The van der Waals surface area contributed by atoms with Gasteiger partial charge in [0, 0.05) is 16.2 Å². The minimum Gasteiger partial charge on any atom is -0.465 e. The number of ether oxygens (including phenoxy) is 1. The van der Waals surface area contributed by atoms with Crippen molar-refractivity contribution >= 4 is 33.6 Å². The van der Waals surface area contributed by atoms with Crippen LogP contribution in [-0.4, -0.2) is 41.5 Å². The number of aliphatic imine (C=N–C) groups is 2. The van der Waals surface area contributed by atoms with Gasteiger partial charge in [0.2, 0.25) is 0 Å². The lowest BCUT2D eigenvalue weighted by atomic mass is 10.1. The van der Waals surface area contributed by atoms with Gasteiger partial charge in [-0.05, 0) is 35.0 Å². The van der Waals surface area contributed by atoms with Gasteiger partial charge in [-0.15, -0.1) is 0 Å². The van der Waals surface area contributed by atoms with Crippen molar-refractivity contribution < 1.29 is 22.7 Å². The molecule has 0 aliphatic carbocycles. The number of allylic oxidation sites excluding steroid dienone is 2. The molecule has 136 valence electrons. The van der Waals surface area contributed by atoms with Crippen molar-refractivity contribution in [3.8, 4) is 0 Å². The number of amidine groups is 2. The summed E-state index contributed by atoms with van der Waals surface area (Å²) in [6.45, 7) is 1.86. The number of hydrogen-bond acceptors (Lipinski definition) is 5. The van der Waals surface area contributed by atoms with E-state index >= 15 is 0 Å². The summed E-state index contributed by atoms with van der Waals surface area (Å²) in [7, 11) is 0.872. The van der Waals surface area contributed by atoms with Crippen LogP contribution in [0.1, 0.15) is 11.1 Å². The molecule has 2 aliphatic heterocycles. The van der Waals surface area contributed by atoms with Crippen LogP contribution < -0.4 is 0 Å². The zero-order valence-electron chi connectivity index (χ0n) is 13.7. The lowest BCUT2D eigenvalue weighted by Gasteiger charge is -2.36. The zero-order chi connectivity index (χ0) is 19.1.